The largest absolute Gasteiger partial charge is 0.348 e. The molecule has 2 aromatic rings. The number of hydrogen-bond acceptors (Lipinski definition) is 5. The van der Waals surface area contributed by atoms with Gasteiger partial charge in [-0.15, -0.1) is 11.3 Å². The van der Waals surface area contributed by atoms with Gasteiger partial charge < -0.3 is 10.6 Å². The van der Waals surface area contributed by atoms with E-state index in [1.807, 2.05) is 0 Å². The van der Waals surface area contributed by atoms with Gasteiger partial charge in [-0.25, -0.2) is 12.8 Å². The zero-order chi connectivity index (χ0) is 20.9. The van der Waals surface area contributed by atoms with Gasteiger partial charge in [0, 0.05) is 24.8 Å². The average Bonchev–Trinajstić information content (AvgIpc) is 3.24. The molecule has 29 heavy (non-hydrogen) atoms. The lowest BCUT2D eigenvalue weighted by molar-refractivity contribution is -0.136. The summed E-state index contributed by atoms with van der Waals surface area (Å²) < 4.78 is 40.7. The zero-order valence-electron chi connectivity index (χ0n) is 15.6. The molecule has 3 rings (SSSR count). The highest BCUT2D eigenvalue weighted by Gasteiger charge is 2.33. The van der Waals surface area contributed by atoms with Gasteiger partial charge in [0.05, 0.1) is 0 Å². The molecule has 2 N–H and O–H groups in total. The lowest BCUT2D eigenvalue weighted by atomic mass is 10.0. The molecule has 2 heterocycles. The smallest absolute Gasteiger partial charge is 0.313 e. The normalized spacial score (nSPS) is 17.6. The van der Waals surface area contributed by atoms with Crippen LogP contribution in [0.4, 0.5) is 10.1 Å². The molecule has 0 aliphatic carbocycles. The Hall–Kier alpha value is -2.30. The molecular weight excluding hydrogens is 417 g/mol. The summed E-state index contributed by atoms with van der Waals surface area (Å²) in [5, 5.41) is 6.56. The van der Waals surface area contributed by atoms with Crippen molar-refractivity contribution in [1.82, 2.24) is 9.62 Å². The molecule has 7 nitrogen and oxygen atoms in total. The van der Waals surface area contributed by atoms with Gasteiger partial charge in [0.15, 0.2) is 0 Å². The van der Waals surface area contributed by atoms with Crippen LogP contribution < -0.4 is 10.6 Å². The minimum Gasteiger partial charge on any atom is -0.348 e. The average molecular weight is 440 g/mol. The lowest BCUT2D eigenvalue weighted by Gasteiger charge is -2.34. The molecule has 1 saturated heterocycles. The van der Waals surface area contributed by atoms with Gasteiger partial charge in [-0.1, -0.05) is 18.6 Å². The first kappa shape index (κ1) is 21.4. The summed E-state index contributed by atoms with van der Waals surface area (Å²) >= 11 is 1.18. The van der Waals surface area contributed by atoms with Crippen molar-refractivity contribution in [3.8, 4) is 0 Å². The topological polar surface area (TPSA) is 95.6 Å². The number of benzene rings is 1. The van der Waals surface area contributed by atoms with Crippen molar-refractivity contribution in [2.45, 2.75) is 35.9 Å². The van der Waals surface area contributed by atoms with E-state index < -0.39 is 27.7 Å². The first-order valence-electron chi connectivity index (χ1n) is 9.28. The summed E-state index contributed by atoms with van der Waals surface area (Å²) in [7, 11) is -3.56. The van der Waals surface area contributed by atoms with Gasteiger partial charge in [0.25, 0.3) is 10.0 Å². The maximum atomic E-state index is 13.2. The first-order valence-corrected chi connectivity index (χ1v) is 11.6. The van der Waals surface area contributed by atoms with Crippen molar-refractivity contribution in [2.75, 3.05) is 18.4 Å². The molecule has 0 saturated carbocycles. The number of carbonyl (C=O) groups is 2. The Kier molecular flexibility index (Phi) is 6.99. The van der Waals surface area contributed by atoms with Crippen molar-refractivity contribution in [3.63, 3.8) is 0 Å². The minimum atomic E-state index is -3.56. The highest BCUT2D eigenvalue weighted by atomic mass is 32.2. The Balaban J connectivity index is 1.54. The van der Waals surface area contributed by atoms with E-state index >= 15 is 0 Å². The number of amides is 2. The summed E-state index contributed by atoms with van der Waals surface area (Å²) in [4.78, 5) is 23.9. The van der Waals surface area contributed by atoms with E-state index in [0.717, 1.165) is 18.9 Å². The predicted molar refractivity (Wildman–Crippen MR) is 109 cm³/mol. The highest BCUT2D eigenvalue weighted by molar-refractivity contribution is 7.91. The molecule has 1 aliphatic rings. The fraction of sp³-hybridized carbons (Fsp3) is 0.368. The Morgan fingerprint density at radius 3 is 2.72 bits per heavy atom. The van der Waals surface area contributed by atoms with Crippen molar-refractivity contribution in [3.05, 3.63) is 47.6 Å². The Morgan fingerprint density at radius 2 is 2.00 bits per heavy atom. The second kappa shape index (κ2) is 9.47. The fourth-order valence-corrected chi connectivity index (χ4v) is 6.13. The molecule has 1 atom stereocenters. The van der Waals surface area contributed by atoms with Crippen LogP contribution in [0.15, 0.2) is 46.0 Å². The van der Waals surface area contributed by atoms with Crippen molar-refractivity contribution < 1.29 is 22.4 Å². The number of piperidine rings is 1. The van der Waals surface area contributed by atoms with Gasteiger partial charge in [-0.2, -0.15) is 4.31 Å². The number of rotatable bonds is 6. The third-order valence-corrected chi connectivity index (χ3v) is 8.01. The molecule has 0 radical (unpaired) electrons. The van der Waals surface area contributed by atoms with Crippen LogP contribution in [0.2, 0.25) is 0 Å². The second-order valence-corrected chi connectivity index (χ2v) is 9.77. The molecule has 1 aliphatic heterocycles. The number of halogens is 1. The van der Waals surface area contributed by atoms with E-state index in [1.54, 1.807) is 17.5 Å². The molecule has 1 fully saturated rings. The first-order chi connectivity index (χ1) is 13.9. The van der Waals surface area contributed by atoms with Gasteiger partial charge in [-0.3, -0.25) is 9.59 Å². The van der Waals surface area contributed by atoms with Gasteiger partial charge in [0.2, 0.25) is 0 Å². The molecule has 0 bridgehead atoms. The Morgan fingerprint density at radius 1 is 1.17 bits per heavy atom. The number of nitrogens with one attached hydrogen (secondary N) is 2. The van der Waals surface area contributed by atoms with E-state index in [1.165, 1.54) is 33.8 Å². The number of hydrogen-bond donors (Lipinski definition) is 2. The second-order valence-electron chi connectivity index (χ2n) is 6.71. The number of thiophene rings is 1. The molecule has 0 unspecified atom stereocenters. The van der Waals surface area contributed by atoms with Crippen LogP contribution in [0.5, 0.6) is 0 Å². The summed E-state index contributed by atoms with van der Waals surface area (Å²) in [6.07, 6.45) is 2.82. The van der Waals surface area contributed by atoms with E-state index in [0.29, 0.717) is 23.6 Å². The molecule has 0 spiro atoms. The predicted octanol–water partition coefficient (Wildman–Crippen LogP) is 2.58. The van der Waals surface area contributed by atoms with Crippen LogP contribution in [0.3, 0.4) is 0 Å². The third-order valence-electron chi connectivity index (χ3n) is 4.68. The zero-order valence-corrected chi connectivity index (χ0v) is 17.3. The van der Waals surface area contributed by atoms with E-state index in [2.05, 4.69) is 10.6 Å². The minimum absolute atomic E-state index is 0.163. The SMILES string of the molecule is O=C(NCC[C@@H]1CCCCN1S(=O)(=O)c1cccs1)C(=O)Nc1cccc(F)c1. The van der Waals surface area contributed by atoms with Crippen LogP contribution in [0.1, 0.15) is 25.7 Å². The molecular formula is C19H22FN3O4S2. The van der Waals surface area contributed by atoms with Crippen LogP contribution in [-0.2, 0) is 19.6 Å². The molecule has 1 aromatic carbocycles. The molecule has 2 amide bonds. The van der Waals surface area contributed by atoms with Gasteiger partial charge in [-0.05, 0) is 48.9 Å². The van der Waals surface area contributed by atoms with Crippen LogP contribution in [0, 0.1) is 5.82 Å². The fourth-order valence-electron chi connectivity index (χ4n) is 3.29. The number of nitrogens with zero attached hydrogens (tertiary/aromatic N) is 1. The Labute approximate surface area is 173 Å². The number of anilines is 1. The van der Waals surface area contributed by atoms with E-state index in [9.17, 15) is 22.4 Å². The van der Waals surface area contributed by atoms with Crippen molar-refractivity contribution in [1.29, 1.82) is 0 Å². The summed E-state index contributed by atoms with van der Waals surface area (Å²) in [6.45, 7) is 0.607. The van der Waals surface area contributed by atoms with Gasteiger partial charge >= 0.3 is 11.8 Å². The van der Waals surface area contributed by atoms with Crippen molar-refractivity contribution >= 4 is 38.9 Å². The standard InChI is InChI=1S/C19H22FN3O4S2/c20-14-5-3-6-15(13-14)22-19(25)18(24)21-10-9-16-7-1-2-11-23(16)29(26,27)17-8-4-12-28-17/h3-6,8,12-13,16H,1-2,7,9-11H2,(H,21,24)(H,22,25)/t16-/m0/s1. The Bertz CT molecular complexity index is 964. The lowest BCUT2D eigenvalue weighted by Crippen LogP contribution is -2.45. The summed E-state index contributed by atoms with van der Waals surface area (Å²) in [5.41, 5.74) is 0.186. The number of carbonyl (C=O) groups excluding carboxylic acids is 2. The molecule has 10 heteroatoms. The van der Waals surface area contributed by atoms with Crippen LogP contribution >= 0.6 is 11.3 Å². The van der Waals surface area contributed by atoms with Crippen LogP contribution in [-0.4, -0.2) is 43.7 Å². The quantitative estimate of drug-likeness (QED) is 0.677. The third kappa shape index (κ3) is 5.40. The summed E-state index contributed by atoms with van der Waals surface area (Å²) in [5.74, 6) is -2.27. The molecule has 1 aromatic heterocycles. The van der Waals surface area contributed by atoms with E-state index in [4.69, 9.17) is 0 Å². The maximum Gasteiger partial charge on any atom is 0.313 e. The summed E-state index contributed by atoms with van der Waals surface area (Å²) in [6, 6.07) is 8.30. The van der Waals surface area contributed by atoms with Crippen molar-refractivity contribution in [2.24, 2.45) is 0 Å². The maximum absolute atomic E-state index is 13.2. The van der Waals surface area contributed by atoms with Gasteiger partial charge in [0.1, 0.15) is 10.0 Å². The number of sulfonamides is 1. The monoisotopic (exact) mass is 439 g/mol. The molecule has 156 valence electrons. The highest BCUT2D eigenvalue weighted by Crippen LogP contribution is 2.29. The van der Waals surface area contributed by atoms with Crippen LogP contribution in [0.25, 0.3) is 0 Å². The van der Waals surface area contributed by atoms with E-state index in [-0.39, 0.29) is 18.3 Å².